The Morgan fingerprint density at radius 2 is 1.78 bits per heavy atom. The Labute approximate surface area is 173 Å². The summed E-state index contributed by atoms with van der Waals surface area (Å²) in [6, 6.07) is 1.16. The van der Waals surface area contributed by atoms with Crippen LogP contribution in [0.4, 0.5) is 0 Å². The molecule has 0 spiro atoms. The molecule has 0 saturated heterocycles. The van der Waals surface area contributed by atoms with Crippen LogP contribution in [0.25, 0.3) is 0 Å². The summed E-state index contributed by atoms with van der Waals surface area (Å²) in [6.45, 7) is 2.01. The summed E-state index contributed by atoms with van der Waals surface area (Å²) in [5.41, 5.74) is 1.41. The molecule has 150 valence electrons. The second-order valence-electron chi connectivity index (χ2n) is 8.24. The summed E-state index contributed by atoms with van der Waals surface area (Å²) in [6.07, 6.45) is 16.2. The fourth-order valence-electron chi connectivity index (χ4n) is 4.50. The average molecular weight is 407 g/mol. The van der Waals surface area contributed by atoms with Crippen LogP contribution >= 0.6 is 23.5 Å². The van der Waals surface area contributed by atoms with E-state index in [1.165, 1.54) is 93.1 Å². The van der Waals surface area contributed by atoms with Crippen LogP contribution in [0.1, 0.15) is 77.0 Å². The van der Waals surface area contributed by atoms with Crippen LogP contribution in [-0.2, 0) is 0 Å². The number of rotatable bonds is 4. The van der Waals surface area contributed by atoms with Gasteiger partial charge < -0.3 is 10.2 Å². The molecule has 4 aliphatic rings. The van der Waals surface area contributed by atoms with E-state index in [0.717, 1.165) is 18.8 Å². The molecule has 0 aromatic rings. The fourth-order valence-corrected chi connectivity index (χ4v) is 6.56. The van der Waals surface area contributed by atoms with E-state index in [1.54, 1.807) is 11.8 Å². The lowest BCUT2D eigenvalue weighted by atomic mass is 9.96. The molecule has 6 heteroatoms. The maximum absolute atomic E-state index is 5.26. The molecule has 2 aliphatic carbocycles. The minimum absolute atomic E-state index is 0.528. The fraction of sp³-hybridized carbons (Fsp3) is 0.810. The Kier molecular flexibility index (Phi) is 7.47. The van der Waals surface area contributed by atoms with Crippen molar-refractivity contribution in [3.8, 4) is 0 Å². The van der Waals surface area contributed by atoms with Crippen LogP contribution in [0.5, 0.6) is 0 Å². The molecular weight excluding hydrogens is 372 g/mol. The van der Waals surface area contributed by atoms with Crippen LogP contribution in [0.15, 0.2) is 21.1 Å². The van der Waals surface area contributed by atoms with E-state index < -0.39 is 0 Å². The molecule has 0 bridgehead atoms. The predicted molar refractivity (Wildman–Crippen MR) is 121 cm³/mol. The highest BCUT2D eigenvalue weighted by atomic mass is 32.2. The van der Waals surface area contributed by atoms with Gasteiger partial charge in [0.25, 0.3) is 0 Å². The van der Waals surface area contributed by atoms with Gasteiger partial charge in [-0.2, -0.15) is 0 Å². The summed E-state index contributed by atoms with van der Waals surface area (Å²) in [5, 5.41) is 8.55. The number of thioether (sulfide) groups is 2. The van der Waals surface area contributed by atoms with Gasteiger partial charge in [-0.05, 0) is 31.1 Å². The number of hydrogen-bond acceptors (Lipinski definition) is 5. The van der Waals surface area contributed by atoms with Gasteiger partial charge in [0, 0.05) is 24.0 Å². The van der Waals surface area contributed by atoms with Crippen molar-refractivity contribution >= 4 is 33.9 Å². The maximum Gasteiger partial charge on any atom is 0.167 e. The molecule has 0 aromatic carbocycles. The standard InChI is InChI=1S/C21H34N4S2/c1-2-5-9-17(10-6-3-1)23-20(24-18-11-7-4-8-12-18)26-15-19-16-27-21-22-13-14-25(19)21/h16-18H,1-15H2,(H,23,24). The number of fused-ring (bicyclic) bond motifs is 1. The number of nitrogens with zero attached hydrogens (tertiary/aromatic N) is 3. The number of aliphatic imine (C=N–C) groups is 2. The van der Waals surface area contributed by atoms with Crippen molar-refractivity contribution in [1.29, 1.82) is 0 Å². The van der Waals surface area contributed by atoms with Gasteiger partial charge in [0.2, 0.25) is 0 Å². The second kappa shape index (κ2) is 10.2. The van der Waals surface area contributed by atoms with Gasteiger partial charge in [0.1, 0.15) is 0 Å². The lowest BCUT2D eigenvalue weighted by Crippen LogP contribution is -2.36. The van der Waals surface area contributed by atoms with Crippen molar-refractivity contribution in [2.45, 2.75) is 89.1 Å². The van der Waals surface area contributed by atoms with Crippen molar-refractivity contribution in [2.75, 3.05) is 18.8 Å². The molecule has 2 saturated carbocycles. The first-order valence-electron chi connectivity index (χ1n) is 11.0. The van der Waals surface area contributed by atoms with Crippen molar-refractivity contribution in [3.05, 3.63) is 11.1 Å². The molecule has 4 rings (SSSR count). The minimum Gasteiger partial charge on any atom is -0.362 e. The summed E-state index contributed by atoms with van der Waals surface area (Å²) < 4.78 is 0. The summed E-state index contributed by atoms with van der Waals surface area (Å²) in [5.74, 6) is 1.01. The molecule has 0 atom stereocenters. The largest absolute Gasteiger partial charge is 0.362 e. The first kappa shape index (κ1) is 19.7. The van der Waals surface area contributed by atoms with Gasteiger partial charge >= 0.3 is 0 Å². The molecule has 2 aliphatic heterocycles. The monoisotopic (exact) mass is 406 g/mol. The molecule has 0 radical (unpaired) electrons. The van der Waals surface area contributed by atoms with Gasteiger partial charge in [-0.25, -0.2) is 0 Å². The maximum atomic E-state index is 5.26. The highest BCUT2D eigenvalue weighted by molar-refractivity contribution is 8.17. The van der Waals surface area contributed by atoms with Crippen LogP contribution in [0.3, 0.4) is 0 Å². The minimum atomic E-state index is 0.528. The Hall–Kier alpha value is -0.620. The van der Waals surface area contributed by atoms with Crippen molar-refractivity contribution < 1.29 is 0 Å². The average Bonchev–Trinajstić information content (AvgIpc) is 3.27. The van der Waals surface area contributed by atoms with E-state index in [-0.39, 0.29) is 0 Å². The van der Waals surface area contributed by atoms with E-state index >= 15 is 0 Å². The zero-order valence-electron chi connectivity index (χ0n) is 16.5. The second-order valence-corrected chi connectivity index (χ2v) is 10.0. The number of hydrogen-bond donors (Lipinski definition) is 1. The molecule has 2 fully saturated rings. The van der Waals surface area contributed by atoms with Crippen molar-refractivity contribution in [3.63, 3.8) is 0 Å². The van der Waals surface area contributed by atoms with Crippen LogP contribution in [0.2, 0.25) is 0 Å². The van der Waals surface area contributed by atoms with E-state index in [2.05, 4.69) is 20.6 Å². The van der Waals surface area contributed by atoms with Crippen LogP contribution in [0, 0.1) is 0 Å². The van der Waals surface area contributed by atoms with Gasteiger partial charge in [-0.1, -0.05) is 74.9 Å². The van der Waals surface area contributed by atoms with E-state index in [4.69, 9.17) is 4.99 Å². The highest BCUT2D eigenvalue weighted by Crippen LogP contribution is 2.31. The Balaban J connectivity index is 1.38. The van der Waals surface area contributed by atoms with Gasteiger partial charge in [0.15, 0.2) is 10.3 Å². The zero-order valence-corrected chi connectivity index (χ0v) is 18.1. The third-order valence-corrected chi connectivity index (χ3v) is 8.00. The summed E-state index contributed by atoms with van der Waals surface area (Å²) in [7, 11) is 0. The Morgan fingerprint density at radius 1 is 1.07 bits per heavy atom. The molecule has 0 unspecified atom stereocenters. The number of nitrogens with one attached hydrogen (secondary N) is 1. The Bertz CT molecular complexity index is 573. The van der Waals surface area contributed by atoms with Crippen LogP contribution < -0.4 is 5.32 Å². The van der Waals surface area contributed by atoms with Crippen molar-refractivity contribution in [1.82, 2.24) is 10.2 Å². The Morgan fingerprint density at radius 3 is 2.59 bits per heavy atom. The summed E-state index contributed by atoms with van der Waals surface area (Å²) in [4.78, 5) is 12.2. The van der Waals surface area contributed by atoms with Gasteiger partial charge in [-0.3, -0.25) is 9.98 Å². The van der Waals surface area contributed by atoms with E-state index in [1.807, 2.05) is 11.8 Å². The smallest absolute Gasteiger partial charge is 0.167 e. The lowest BCUT2D eigenvalue weighted by Gasteiger charge is -2.26. The van der Waals surface area contributed by atoms with Gasteiger partial charge in [-0.15, -0.1) is 0 Å². The third kappa shape index (κ3) is 5.69. The normalized spacial score (nSPS) is 25.6. The molecule has 4 nitrogen and oxygen atoms in total. The molecule has 27 heavy (non-hydrogen) atoms. The first-order valence-corrected chi connectivity index (χ1v) is 12.9. The third-order valence-electron chi connectivity index (χ3n) is 6.11. The number of amidine groups is 2. The lowest BCUT2D eigenvalue weighted by molar-refractivity contribution is 0.412. The first-order chi connectivity index (χ1) is 13.4. The van der Waals surface area contributed by atoms with Crippen molar-refractivity contribution in [2.24, 2.45) is 9.98 Å². The quantitative estimate of drug-likeness (QED) is 0.503. The van der Waals surface area contributed by atoms with E-state index in [9.17, 15) is 0 Å². The van der Waals surface area contributed by atoms with Gasteiger partial charge in [0.05, 0.1) is 12.6 Å². The molecule has 0 amide bonds. The molecular formula is C21H34N4S2. The topological polar surface area (TPSA) is 40.0 Å². The highest BCUT2D eigenvalue weighted by Gasteiger charge is 2.26. The molecule has 1 N–H and O–H groups in total. The SMILES string of the molecule is C1=C(CSC(=NC2CCCCCCC2)NC2CCCCC2)N2CCN=C2S1. The molecule has 0 aromatic heterocycles. The molecule has 2 heterocycles. The predicted octanol–water partition coefficient (Wildman–Crippen LogP) is 5.37. The van der Waals surface area contributed by atoms with Crippen LogP contribution in [-0.4, -0.2) is 46.2 Å². The summed E-state index contributed by atoms with van der Waals surface area (Å²) >= 11 is 3.72. The zero-order chi connectivity index (χ0) is 18.3. The van der Waals surface area contributed by atoms with E-state index in [0.29, 0.717) is 12.1 Å².